The molecular weight excluding hydrogens is 330 g/mol. The molecule has 1 aliphatic heterocycles. The molecule has 0 radical (unpaired) electrons. The number of aromatic amines is 1. The van der Waals surface area contributed by atoms with Gasteiger partial charge in [0.25, 0.3) is 0 Å². The Kier molecular flexibility index (Phi) is 4.44. The molecule has 1 saturated carbocycles. The number of amides is 1. The Balaban J connectivity index is 1.53. The average molecular weight is 355 g/mol. The minimum absolute atomic E-state index is 0.0132. The zero-order valence-electron chi connectivity index (χ0n) is 15.2. The number of nitrogens with zero attached hydrogens (tertiary/aromatic N) is 1. The highest BCUT2D eigenvalue weighted by atomic mass is 16.5. The van der Waals surface area contributed by atoms with Crippen LogP contribution >= 0.6 is 0 Å². The Morgan fingerprint density at radius 2 is 2.23 bits per heavy atom. The molecule has 6 heteroatoms. The summed E-state index contributed by atoms with van der Waals surface area (Å²) < 4.78 is 5.59. The third kappa shape index (κ3) is 3.21. The van der Waals surface area contributed by atoms with E-state index in [1.807, 2.05) is 26.0 Å². The van der Waals surface area contributed by atoms with Crippen LogP contribution in [0.4, 0.5) is 0 Å². The van der Waals surface area contributed by atoms with Crippen LogP contribution in [0.1, 0.15) is 47.0 Å². The van der Waals surface area contributed by atoms with E-state index >= 15 is 0 Å². The van der Waals surface area contributed by atoms with E-state index < -0.39 is 0 Å². The lowest BCUT2D eigenvalue weighted by Crippen LogP contribution is -2.42. The molecule has 1 amide bonds. The lowest BCUT2D eigenvalue weighted by molar-refractivity contribution is -0.122. The number of aliphatic hydroxyl groups excluding tert-OH is 1. The number of benzene rings is 1. The second-order valence-electron chi connectivity index (χ2n) is 7.49. The maximum absolute atomic E-state index is 12.7. The number of aliphatic hydroxyl groups is 1. The SMILES string of the molecule is Cc1n[nH]c(C)c1CC(=O)NC(c1ccc2c(c1)CCO2)C1CC(O)C1. The van der Waals surface area contributed by atoms with Crippen molar-refractivity contribution in [2.75, 3.05) is 6.61 Å². The highest BCUT2D eigenvalue weighted by Gasteiger charge is 2.36. The van der Waals surface area contributed by atoms with E-state index in [0.717, 1.165) is 54.1 Å². The lowest BCUT2D eigenvalue weighted by atomic mass is 9.74. The molecule has 0 spiro atoms. The number of aromatic nitrogens is 2. The molecule has 138 valence electrons. The molecule has 1 aliphatic carbocycles. The summed E-state index contributed by atoms with van der Waals surface area (Å²) in [6, 6.07) is 6.10. The van der Waals surface area contributed by atoms with Crippen molar-refractivity contribution in [2.24, 2.45) is 5.92 Å². The number of hydrogen-bond donors (Lipinski definition) is 3. The van der Waals surface area contributed by atoms with Crippen LogP contribution in [0.5, 0.6) is 5.75 Å². The van der Waals surface area contributed by atoms with Crippen LogP contribution in [-0.2, 0) is 17.6 Å². The van der Waals surface area contributed by atoms with E-state index in [0.29, 0.717) is 6.42 Å². The van der Waals surface area contributed by atoms with E-state index in [9.17, 15) is 9.90 Å². The van der Waals surface area contributed by atoms with Crippen LogP contribution < -0.4 is 10.1 Å². The lowest BCUT2D eigenvalue weighted by Gasteiger charge is -2.38. The Labute approximate surface area is 153 Å². The summed E-state index contributed by atoms with van der Waals surface area (Å²) in [7, 11) is 0. The molecular formula is C20H25N3O3. The molecule has 0 saturated heterocycles. The third-order valence-electron chi connectivity index (χ3n) is 5.63. The molecule has 1 aromatic heterocycles. The first-order valence-electron chi connectivity index (χ1n) is 9.24. The normalized spacial score (nSPS) is 22.3. The summed E-state index contributed by atoms with van der Waals surface area (Å²) in [5.74, 6) is 1.19. The highest BCUT2D eigenvalue weighted by Crippen LogP contribution is 2.39. The van der Waals surface area contributed by atoms with Crippen molar-refractivity contribution in [1.82, 2.24) is 15.5 Å². The summed E-state index contributed by atoms with van der Waals surface area (Å²) in [5.41, 5.74) is 5.05. The molecule has 1 unspecified atom stereocenters. The van der Waals surface area contributed by atoms with Gasteiger partial charge < -0.3 is 15.2 Å². The number of hydrogen-bond acceptors (Lipinski definition) is 4. The Morgan fingerprint density at radius 1 is 1.42 bits per heavy atom. The fourth-order valence-electron chi connectivity index (χ4n) is 3.99. The molecule has 2 aliphatic rings. The zero-order valence-corrected chi connectivity index (χ0v) is 15.2. The summed E-state index contributed by atoms with van der Waals surface area (Å²) in [4.78, 5) is 12.7. The van der Waals surface area contributed by atoms with Gasteiger partial charge in [-0.2, -0.15) is 5.10 Å². The summed E-state index contributed by atoms with van der Waals surface area (Å²) in [6.07, 6.45) is 2.42. The molecule has 1 aromatic carbocycles. The van der Waals surface area contributed by atoms with Crippen molar-refractivity contribution in [1.29, 1.82) is 0 Å². The van der Waals surface area contributed by atoms with Crippen molar-refractivity contribution in [2.45, 2.75) is 51.7 Å². The van der Waals surface area contributed by atoms with Gasteiger partial charge in [0.2, 0.25) is 5.91 Å². The maximum Gasteiger partial charge on any atom is 0.225 e. The molecule has 2 heterocycles. The molecule has 2 aromatic rings. The van der Waals surface area contributed by atoms with Gasteiger partial charge in [-0.25, -0.2) is 0 Å². The minimum Gasteiger partial charge on any atom is -0.493 e. The number of aryl methyl sites for hydroxylation is 2. The molecule has 1 fully saturated rings. The number of H-pyrrole nitrogens is 1. The number of nitrogens with one attached hydrogen (secondary N) is 2. The molecule has 0 bridgehead atoms. The van der Waals surface area contributed by atoms with Crippen molar-refractivity contribution in [3.63, 3.8) is 0 Å². The predicted octanol–water partition coefficient (Wildman–Crippen LogP) is 2.13. The van der Waals surface area contributed by atoms with Crippen LogP contribution in [0.2, 0.25) is 0 Å². The van der Waals surface area contributed by atoms with E-state index in [-0.39, 0.29) is 24.0 Å². The van der Waals surface area contributed by atoms with Crippen LogP contribution in [-0.4, -0.2) is 33.9 Å². The predicted molar refractivity (Wildman–Crippen MR) is 97.0 cm³/mol. The molecule has 4 rings (SSSR count). The first-order valence-corrected chi connectivity index (χ1v) is 9.24. The summed E-state index contributed by atoms with van der Waals surface area (Å²) in [6.45, 7) is 4.56. The number of fused-ring (bicyclic) bond motifs is 1. The number of rotatable bonds is 5. The number of carbonyl (C=O) groups excluding carboxylic acids is 1. The maximum atomic E-state index is 12.7. The average Bonchev–Trinajstić information content (AvgIpc) is 3.18. The Hall–Kier alpha value is -2.34. The van der Waals surface area contributed by atoms with Crippen molar-refractivity contribution >= 4 is 5.91 Å². The second kappa shape index (κ2) is 6.76. The fraction of sp³-hybridized carbons (Fsp3) is 0.500. The summed E-state index contributed by atoms with van der Waals surface area (Å²) >= 11 is 0. The standard InChI is InChI=1S/C20H25N3O3/c1-11-17(12(2)23-22-11)10-19(25)21-20(15-8-16(24)9-15)14-3-4-18-13(7-14)5-6-26-18/h3-4,7,15-16,20,24H,5-6,8-10H2,1-2H3,(H,21,25)(H,22,23). The first-order chi connectivity index (χ1) is 12.5. The van der Waals surface area contributed by atoms with E-state index in [1.165, 1.54) is 5.56 Å². The molecule has 1 atom stereocenters. The van der Waals surface area contributed by atoms with E-state index in [1.54, 1.807) is 0 Å². The van der Waals surface area contributed by atoms with Gasteiger partial charge >= 0.3 is 0 Å². The van der Waals surface area contributed by atoms with Gasteiger partial charge in [0.15, 0.2) is 0 Å². The quantitative estimate of drug-likeness (QED) is 0.767. The van der Waals surface area contributed by atoms with Crippen LogP contribution in [0.15, 0.2) is 18.2 Å². The highest BCUT2D eigenvalue weighted by molar-refractivity contribution is 5.79. The van der Waals surface area contributed by atoms with Crippen LogP contribution in [0, 0.1) is 19.8 Å². The molecule has 6 nitrogen and oxygen atoms in total. The van der Waals surface area contributed by atoms with Gasteiger partial charge in [-0.3, -0.25) is 9.89 Å². The molecule has 26 heavy (non-hydrogen) atoms. The van der Waals surface area contributed by atoms with Crippen LogP contribution in [0.25, 0.3) is 0 Å². The number of carbonyl (C=O) groups is 1. The van der Waals surface area contributed by atoms with Crippen molar-refractivity contribution in [3.8, 4) is 5.75 Å². The van der Waals surface area contributed by atoms with Gasteiger partial charge in [0, 0.05) is 17.7 Å². The van der Waals surface area contributed by atoms with E-state index in [2.05, 4.69) is 21.6 Å². The van der Waals surface area contributed by atoms with Crippen molar-refractivity contribution < 1.29 is 14.6 Å². The van der Waals surface area contributed by atoms with Gasteiger partial charge in [-0.05, 0) is 55.9 Å². The first kappa shape index (κ1) is 17.1. The minimum atomic E-state index is -0.254. The monoisotopic (exact) mass is 355 g/mol. The van der Waals surface area contributed by atoms with Gasteiger partial charge in [-0.15, -0.1) is 0 Å². The fourth-order valence-corrected chi connectivity index (χ4v) is 3.99. The van der Waals surface area contributed by atoms with Gasteiger partial charge in [-0.1, -0.05) is 6.07 Å². The smallest absolute Gasteiger partial charge is 0.225 e. The van der Waals surface area contributed by atoms with E-state index in [4.69, 9.17) is 4.74 Å². The van der Waals surface area contributed by atoms with Gasteiger partial charge in [0.1, 0.15) is 5.75 Å². The topological polar surface area (TPSA) is 87.2 Å². The third-order valence-corrected chi connectivity index (χ3v) is 5.63. The number of ether oxygens (including phenoxy) is 1. The largest absolute Gasteiger partial charge is 0.493 e. The second-order valence-corrected chi connectivity index (χ2v) is 7.49. The Bertz CT molecular complexity index is 804. The molecule has 3 N–H and O–H groups in total. The summed E-state index contributed by atoms with van der Waals surface area (Å²) in [5, 5.41) is 20.0. The van der Waals surface area contributed by atoms with Crippen molar-refractivity contribution in [3.05, 3.63) is 46.3 Å². The van der Waals surface area contributed by atoms with Gasteiger partial charge in [0.05, 0.1) is 30.9 Å². The van der Waals surface area contributed by atoms with Crippen LogP contribution in [0.3, 0.4) is 0 Å². The zero-order chi connectivity index (χ0) is 18.3. The Morgan fingerprint density at radius 3 is 2.92 bits per heavy atom.